The Labute approximate surface area is 148 Å². The number of esters is 1. The molecule has 0 aliphatic rings. The van der Waals surface area contributed by atoms with Gasteiger partial charge in [-0.25, -0.2) is 4.98 Å². The van der Waals surface area contributed by atoms with Gasteiger partial charge in [-0.15, -0.1) is 11.8 Å². The molecule has 0 bridgehead atoms. The van der Waals surface area contributed by atoms with Crippen molar-refractivity contribution in [1.82, 2.24) is 14.4 Å². The lowest BCUT2D eigenvalue weighted by Gasteiger charge is -2.06. The molecular weight excluding hydrogens is 338 g/mol. The van der Waals surface area contributed by atoms with Crippen molar-refractivity contribution in [3.63, 3.8) is 0 Å². The zero-order valence-electron chi connectivity index (χ0n) is 13.7. The van der Waals surface area contributed by atoms with Crippen LogP contribution in [0.2, 0.25) is 0 Å². The van der Waals surface area contributed by atoms with E-state index in [1.54, 1.807) is 24.7 Å². The first kappa shape index (κ1) is 17.2. The van der Waals surface area contributed by atoms with Crippen molar-refractivity contribution < 1.29 is 9.53 Å². The van der Waals surface area contributed by atoms with Gasteiger partial charge in [-0.2, -0.15) is 0 Å². The maximum Gasteiger partial charge on any atom is 0.316 e. The van der Waals surface area contributed by atoms with Crippen molar-refractivity contribution in [3.05, 3.63) is 76.1 Å². The zero-order chi connectivity index (χ0) is 17.6. The fourth-order valence-electron chi connectivity index (χ4n) is 2.26. The van der Waals surface area contributed by atoms with Gasteiger partial charge in [0.1, 0.15) is 12.3 Å². The Morgan fingerprint density at radius 3 is 3.00 bits per heavy atom. The Morgan fingerprint density at radius 1 is 1.32 bits per heavy atom. The molecule has 0 fully saturated rings. The molecule has 0 spiro atoms. The molecule has 3 heterocycles. The fourth-order valence-corrected chi connectivity index (χ4v) is 3.02. The molecule has 0 aliphatic carbocycles. The summed E-state index contributed by atoms with van der Waals surface area (Å²) in [7, 11) is 0. The van der Waals surface area contributed by atoms with Gasteiger partial charge in [0.05, 0.1) is 11.4 Å². The van der Waals surface area contributed by atoms with Gasteiger partial charge in [-0.05, 0) is 30.2 Å². The summed E-state index contributed by atoms with van der Waals surface area (Å²) in [5.74, 6) is 0.596. The van der Waals surface area contributed by atoms with Crippen LogP contribution in [0.5, 0.6) is 0 Å². The van der Waals surface area contributed by atoms with Gasteiger partial charge < -0.3 is 4.74 Å². The summed E-state index contributed by atoms with van der Waals surface area (Å²) in [4.78, 5) is 32.3. The van der Waals surface area contributed by atoms with Gasteiger partial charge in [0.2, 0.25) is 0 Å². The van der Waals surface area contributed by atoms with Crippen molar-refractivity contribution in [3.8, 4) is 0 Å². The number of pyridine rings is 2. The highest BCUT2D eigenvalue weighted by Crippen LogP contribution is 2.11. The summed E-state index contributed by atoms with van der Waals surface area (Å²) >= 11 is 1.46. The lowest BCUT2D eigenvalue weighted by Crippen LogP contribution is -2.17. The number of ether oxygens (including phenoxy) is 1. The Morgan fingerprint density at radius 2 is 2.20 bits per heavy atom. The molecule has 0 aromatic carbocycles. The first-order chi connectivity index (χ1) is 12.1. The number of hydrogen-bond acceptors (Lipinski definition) is 6. The number of nitrogens with zero attached hydrogens (tertiary/aromatic N) is 3. The van der Waals surface area contributed by atoms with E-state index in [2.05, 4.69) is 9.97 Å². The molecule has 0 saturated heterocycles. The number of hydrogen-bond donors (Lipinski definition) is 0. The van der Waals surface area contributed by atoms with E-state index in [1.807, 2.05) is 25.1 Å². The number of aryl methyl sites for hydroxylation is 1. The second kappa shape index (κ2) is 7.94. The van der Waals surface area contributed by atoms with E-state index in [1.165, 1.54) is 22.2 Å². The first-order valence-corrected chi connectivity index (χ1v) is 8.88. The summed E-state index contributed by atoms with van der Waals surface area (Å²) in [6.07, 6.45) is 5.21. The molecule has 0 atom stereocenters. The van der Waals surface area contributed by atoms with Crippen molar-refractivity contribution in [2.45, 2.75) is 19.3 Å². The average molecular weight is 355 g/mol. The van der Waals surface area contributed by atoms with E-state index in [0.717, 1.165) is 11.1 Å². The molecule has 0 amide bonds. The molecule has 3 aromatic heterocycles. The number of aromatic nitrogens is 3. The Kier molecular flexibility index (Phi) is 5.45. The van der Waals surface area contributed by atoms with Gasteiger partial charge in [-0.1, -0.05) is 12.1 Å². The molecule has 3 aromatic rings. The number of thioether (sulfide) groups is 1. The molecule has 0 N–H and O–H groups in total. The first-order valence-electron chi connectivity index (χ1n) is 7.73. The maximum atomic E-state index is 12.1. The largest absolute Gasteiger partial charge is 0.459 e. The third-order valence-electron chi connectivity index (χ3n) is 3.45. The van der Waals surface area contributed by atoms with Crippen molar-refractivity contribution >= 4 is 23.4 Å². The number of carbonyl (C=O) groups excluding carboxylic acids is 1. The second-order valence-corrected chi connectivity index (χ2v) is 6.52. The molecule has 7 heteroatoms. The third kappa shape index (κ3) is 4.67. The number of rotatable bonds is 6. The van der Waals surface area contributed by atoms with Crippen LogP contribution in [0.1, 0.15) is 16.8 Å². The van der Waals surface area contributed by atoms with Crippen molar-refractivity contribution in [1.29, 1.82) is 0 Å². The van der Waals surface area contributed by atoms with Gasteiger partial charge in [0.25, 0.3) is 5.56 Å². The van der Waals surface area contributed by atoms with Crippen LogP contribution in [0.15, 0.2) is 53.7 Å². The summed E-state index contributed by atoms with van der Waals surface area (Å²) in [6.45, 7) is 1.90. The minimum Gasteiger partial charge on any atom is -0.459 e. The highest BCUT2D eigenvalue weighted by Gasteiger charge is 2.07. The van der Waals surface area contributed by atoms with Gasteiger partial charge in [0.15, 0.2) is 0 Å². The average Bonchev–Trinajstić information content (AvgIpc) is 2.61. The van der Waals surface area contributed by atoms with Crippen molar-refractivity contribution in [2.24, 2.45) is 0 Å². The summed E-state index contributed by atoms with van der Waals surface area (Å²) in [6, 6.07) is 8.86. The molecule has 0 radical (unpaired) electrons. The van der Waals surface area contributed by atoms with E-state index in [4.69, 9.17) is 4.74 Å². The van der Waals surface area contributed by atoms with E-state index >= 15 is 0 Å². The van der Waals surface area contributed by atoms with E-state index in [-0.39, 0.29) is 23.9 Å². The van der Waals surface area contributed by atoms with E-state index in [9.17, 15) is 9.59 Å². The maximum absolute atomic E-state index is 12.1. The standard InChI is InChI=1S/C18H17N3O3S/c1-13-4-5-16-20-15(7-17(22)21(16)9-13)10-24-18(23)12-25-11-14-3-2-6-19-8-14/h2-9H,10-12H2,1H3. The SMILES string of the molecule is Cc1ccc2nc(COC(=O)CSCc3cccnc3)cc(=O)n2c1. The molecule has 0 unspecified atom stereocenters. The van der Waals surface area contributed by atoms with Crippen LogP contribution in [-0.2, 0) is 21.9 Å². The van der Waals surface area contributed by atoms with Crippen LogP contribution in [0.25, 0.3) is 5.65 Å². The molecule has 0 aliphatic heterocycles. The minimum atomic E-state index is -0.334. The predicted octanol–water partition coefficient (Wildman–Crippen LogP) is 2.37. The van der Waals surface area contributed by atoms with Gasteiger partial charge >= 0.3 is 5.97 Å². The van der Waals surface area contributed by atoms with E-state index in [0.29, 0.717) is 17.1 Å². The molecule has 128 valence electrons. The number of fused-ring (bicyclic) bond motifs is 1. The normalized spacial score (nSPS) is 10.8. The second-order valence-electron chi connectivity index (χ2n) is 5.54. The Bertz CT molecular complexity index is 941. The smallest absolute Gasteiger partial charge is 0.316 e. The van der Waals surface area contributed by atoms with Gasteiger partial charge in [-0.3, -0.25) is 19.0 Å². The van der Waals surface area contributed by atoms with Crippen LogP contribution in [-0.4, -0.2) is 26.1 Å². The lowest BCUT2D eigenvalue weighted by atomic mass is 10.3. The fraction of sp³-hybridized carbons (Fsp3) is 0.222. The molecule has 6 nitrogen and oxygen atoms in total. The zero-order valence-corrected chi connectivity index (χ0v) is 14.5. The Balaban J connectivity index is 1.54. The highest BCUT2D eigenvalue weighted by atomic mass is 32.2. The summed E-state index contributed by atoms with van der Waals surface area (Å²) in [5.41, 5.74) is 2.82. The Hall–Kier alpha value is -2.67. The minimum absolute atomic E-state index is 0.00803. The monoisotopic (exact) mass is 355 g/mol. The molecule has 25 heavy (non-hydrogen) atoms. The van der Waals surface area contributed by atoms with Crippen LogP contribution < -0.4 is 5.56 Å². The molecule has 3 rings (SSSR count). The van der Waals surface area contributed by atoms with Crippen molar-refractivity contribution in [2.75, 3.05) is 5.75 Å². The van der Waals surface area contributed by atoms with Crippen LogP contribution in [0.4, 0.5) is 0 Å². The van der Waals surface area contributed by atoms with E-state index < -0.39 is 0 Å². The lowest BCUT2D eigenvalue weighted by molar-refractivity contribution is -0.141. The van der Waals surface area contributed by atoms with Crippen LogP contribution in [0.3, 0.4) is 0 Å². The van der Waals surface area contributed by atoms with Gasteiger partial charge in [0, 0.05) is 30.4 Å². The third-order valence-corrected chi connectivity index (χ3v) is 4.43. The quantitative estimate of drug-likeness (QED) is 0.632. The van der Waals surface area contributed by atoms with Crippen LogP contribution in [0, 0.1) is 6.92 Å². The topological polar surface area (TPSA) is 73.6 Å². The molecular formula is C18H17N3O3S. The predicted molar refractivity (Wildman–Crippen MR) is 96.4 cm³/mol. The summed E-state index contributed by atoms with van der Waals surface area (Å²) in [5, 5.41) is 0. The molecule has 0 saturated carbocycles. The highest BCUT2D eigenvalue weighted by molar-refractivity contribution is 7.99. The van der Waals surface area contributed by atoms with Crippen LogP contribution >= 0.6 is 11.8 Å². The number of carbonyl (C=O) groups is 1. The summed E-state index contributed by atoms with van der Waals surface area (Å²) < 4.78 is 6.68.